The van der Waals surface area contributed by atoms with E-state index in [1.807, 2.05) is 36.9 Å². The molecule has 0 spiro atoms. The molecule has 0 N–H and O–H groups in total. The van der Waals surface area contributed by atoms with Crippen LogP contribution in [0.5, 0.6) is 0 Å². The minimum absolute atomic E-state index is 0.107. The molecule has 4 rings (SSSR count). The second-order valence-corrected chi connectivity index (χ2v) is 10.3. The Morgan fingerprint density at radius 2 is 1.58 bits per heavy atom. The first-order chi connectivity index (χ1) is 14.7. The van der Waals surface area contributed by atoms with Gasteiger partial charge in [-0.05, 0) is 55.3 Å². The molecular formula is C22H24ClN3O4S. The molecule has 2 amide bonds. The third-order valence-electron chi connectivity index (χ3n) is 5.89. The molecule has 2 heterocycles. The molecule has 2 aromatic rings. The van der Waals surface area contributed by atoms with Crippen LogP contribution < -0.4 is 4.90 Å². The fraction of sp³-hybridized carbons (Fsp3) is 0.364. The molecule has 2 aliphatic rings. The van der Waals surface area contributed by atoms with Crippen molar-refractivity contribution in [2.75, 3.05) is 31.1 Å². The third kappa shape index (κ3) is 4.13. The first-order valence-corrected chi connectivity index (χ1v) is 11.9. The molecule has 164 valence electrons. The molecule has 31 heavy (non-hydrogen) atoms. The van der Waals surface area contributed by atoms with Gasteiger partial charge in [0.25, 0.3) is 5.91 Å². The average molecular weight is 462 g/mol. The summed E-state index contributed by atoms with van der Waals surface area (Å²) in [4.78, 5) is 29.2. The van der Waals surface area contributed by atoms with E-state index in [9.17, 15) is 18.0 Å². The van der Waals surface area contributed by atoms with Gasteiger partial charge in [-0.1, -0.05) is 23.7 Å². The molecular weight excluding hydrogens is 438 g/mol. The number of carbonyl (C=O) groups is 2. The van der Waals surface area contributed by atoms with Gasteiger partial charge in [0.1, 0.15) is 0 Å². The van der Waals surface area contributed by atoms with Gasteiger partial charge in [0.2, 0.25) is 15.9 Å². The van der Waals surface area contributed by atoms with Crippen LogP contribution in [-0.2, 0) is 19.6 Å². The number of benzene rings is 2. The van der Waals surface area contributed by atoms with Crippen molar-refractivity contribution in [3.63, 3.8) is 0 Å². The second kappa shape index (κ2) is 8.35. The maximum Gasteiger partial charge on any atom is 0.251 e. The Balaban J connectivity index is 1.47. The monoisotopic (exact) mass is 461 g/mol. The number of amides is 2. The largest absolute Gasteiger partial charge is 0.289 e. The molecule has 2 aromatic carbocycles. The van der Waals surface area contributed by atoms with Crippen LogP contribution in [-0.4, -0.2) is 61.7 Å². The fourth-order valence-electron chi connectivity index (χ4n) is 4.13. The van der Waals surface area contributed by atoms with E-state index >= 15 is 0 Å². The molecule has 2 aliphatic heterocycles. The summed E-state index contributed by atoms with van der Waals surface area (Å²) < 4.78 is 27.2. The summed E-state index contributed by atoms with van der Waals surface area (Å²) in [5, 5.41) is 0.474. The zero-order valence-electron chi connectivity index (χ0n) is 17.4. The molecule has 0 aromatic heterocycles. The van der Waals surface area contributed by atoms with Crippen molar-refractivity contribution < 1.29 is 18.0 Å². The van der Waals surface area contributed by atoms with Crippen LogP contribution in [0.2, 0.25) is 5.02 Å². The molecule has 0 saturated carbocycles. The number of imide groups is 1. The predicted molar refractivity (Wildman–Crippen MR) is 119 cm³/mol. The molecule has 0 bridgehead atoms. The normalized spacial score (nSPS) is 21.1. The molecule has 1 atom stereocenters. The number of rotatable bonds is 4. The quantitative estimate of drug-likeness (QED) is 0.654. The fourth-order valence-corrected chi connectivity index (χ4v) is 5.67. The van der Waals surface area contributed by atoms with Crippen molar-refractivity contribution in [1.82, 2.24) is 9.21 Å². The third-order valence-corrected chi connectivity index (χ3v) is 8.06. The summed E-state index contributed by atoms with van der Waals surface area (Å²) in [6, 6.07) is 11.2. The van der Waals surface area contributed by atoms with Crippen LogP contribution in [0.1, 0.15) is 17.5 Å². The molecule has 7 nitrogen and oxygen atoms in total. The van der Waals surface area contributed by atoms with Crippen molar-refractivity contribution in [2.45, 2.75) is 31.2 Å². The van der Waals surface area contributed by atoms with Crippen molar-refractivity contribution in [3.05, 3.63) is 58.6 Å². The van der Waals surface area contributed by atoms with E-state index in [2.05, 4.69) is 0 Å². The Hall–Kier alpha value is -2.26. The maximum absolute atomic E-state index is 13.1. The Bertz CT molecular complexity index is 1130. The highest BCUT2D eigenvalue weighted by Gasteiger charge is 2.44. The Labute approximate surface area is 187 Å². The van der Waals surface area contributed by atoms with Crippen molar-refractivity contribution in [2.24, 2.45) is 0 Å². The number of halogens is 1. The highest BCUT2D eigenvalue weighted by molar-refractivity contribution is 7.89. The van der Waals surface area contributed by atoms with Gasteiger partial charge in [-0.3, -0.25) is 14.5 Å². The van der Waals surface area contributed by atoms with Gasteiger partial charge in [0, 0.05) is 31.2 Å². The summed E-state index contributed by atoms with van der Waals surface area (Å²) in [6.07, 6.45) is 0.107. The first-order valence-electron chi connectivity index (χ1n) is 10.1. The highest BCUT2D eigenvalue weighted by Crippen LogP contribution is 2.30. The van der Waals surface area contributed by atoms with Crippen LogP contribution in [0.4, 0.5) is 5.69 Å². The zero-order valence-corrected chi connectivity index (χ0v) is 19.0. The molecule has 1 unspecified atom stereocenters. The van der Waals surface area contributed by atoms with Crippen molar-refractivity contribution in [3.8, 4) is 0 Å². The Morgan fingerprint density at radius 1 is 0.935 bits per heavy atom. The summed E-state index contributed by atoms with van der Waals surface area (Å²) in [7, 11) is -3.63. The maximum atomic E-state index is 13.1. The van der Waals surface area contributed by atoms with Gasteiger partial charge in [-0.15, -0.1) is 0 Å². The first kappa shape index (κ1) is 22.0. The average Bonchev–Trinajstić information content (AvgIpc) is 3.04. The number of piperazine rings is 1. The molecule has 0 aliphatic carbocycles. The zero-order chi connectivity index (χ0) is 22.3. The van der Waals surface area contributed by atoms with Crippen molar-refractivity contribution in [1.29, 1.82) is 0 Å². The van der Waals surface area contributed by atoms with E-state index in [0.717, 1.165) is 11.1 Å². The van der Waals surface area contributed by atoms with Gasteiger partial charge in [-0.25, -0.2) is 13.3 Å². The number of hydrogen-bond donors (Lipinski definition) is 0. The summed E-state index contributed by atoms with van der Waals surface area (Å²) in [5.41, 5.74) is 2.47. The van der Waals surface area contributed by atoms with E-state index in [1.165, 1.54) is 21.3 Å². The Kier molecular flexibility index (Phi) is 5.91. The summed E-state index contributed by atoms with van der Waals surface area (Å²) >= 11 is 5.86. The van der Waals surface area contributed by atoms with Gasteiger partial charge in [-0.2, -0.15) is 4.31 Å². The number of anilines is 1. The minimum atomic E-state index is -3.63. The lowest BCUT2D eigenvalue weighted by molar-refractivity contribution is -0.123. The number of hydrogen-bond acceptors (Lipinski definition) is 5. The minimum Gasteiger partial charge on any atom is -0.289 e. The number of sulfonamides is 1. The van der Waals surface area contributed by atoms with E-state index in [0.29, 0.717) is 23.8 Å². The van der Waals surface area contributed by atoms with Gasteiger partial charge < -0.3 is 0 Å². The van der Waals surface area contributed by atoms with E-state index in [1.54, 1.807) is 12.1 Å². The number of nitrogens with zero attached hydrogens (tertiary/aromatic N) is 3. The van der Waals surface area contributed by atoms with Gasteiger partial charge >= 0.3 is 0 Å². The van der Waals surface area contributed by atoms with Crippen LogP contribution in [0.3, 0.4) is 0 Å². The molecule has 9 heteroatoms. The SMILES string of the molecule is Cc1ccc(C)c(N2C(=O)CC(N3CCN(S(=O)(=O)c4ccc(Cl)cc4)CC3)C2=O)c1. The highest BCUT2D eigenvalue weighted by atomic mass is 35.5. The van der Waals surface area contributed by atoms with Gasteiger partial charge in [0.15, 0.2) is 0 Å². The van der Waals surface area contributed by atoms with Crippen LogP contribution in [0.15, 0.2) is 47.4 Å². The lowest BCUT2D eigenvalue weighted by Gasteiger charge is -2.36. The van der Waals surface area contributed by atoms with E-state index in [4.69, 9.17) is 11.6 Å². The molecule has 0 radical (unpaired) electrons. The number of aryl methyl sites for hydroxylation is 2. The molecule has 2 saturated heterocycles. The summed E-state index contributed by atoms with van der Waals surface area (Å²) in [5.74, 6) is -0.465. The van der Waals surface area contributed by atoms with Crippen LogP contribution in [0, 0.1) is 13.8 Å². The summed E-state index contributed by atoms with van der Waals surface area (Å²) in [6.45, 7) is 5.09. The van der Waals surface area contributed by atoms with Crippen LogP contribution >= 0.6 is 11.6 Å². The Morgan fingerprint density at radius 3 is 2.23 bits per heavy atom. The number of carbonyl (C=O) groups excluding carboxylic acids is 2. The second-order valence-electron chi connectivity index (χ2n) is 7.97. The smallest absolute Gasteiger partial charge is 0.251 e. The molecule has 2 fully saturated rings. The van der Waals surface area contributed by atoms with Gasteiger partial charge in [0.05, 0.1) is 23.0 Å². The topological polar surface area (TPSA) is 78.0 Å². The predicted octanol–water partition coefficient (Wildman–Crippen LogP) is 2.60. The standard InChI is InChI=1S/C22H24ClN3O4S/c1-15-3-4-16(2)19(13-15)26-21(27)14-20(22(26)28)24-9-11-25(12-10-24)31(29,30)18-7-5-17(23)6-8-18/h3-8,13,20H,9-12,14H2,1-2H3. The van der Waals surface area contributed by atoms with E-state index < -0.39 is 16.1 Å². The van der Waals surface area contributed by atoms with Crippen LogP contribution in [0.25, 0.3) is 0 Å². The van der Waals surface area contributed by atoms with E-state index in [-0.39, 0.29) is 36.2 Å². The lowest BCUT2D eigenvalue weighted by atomic mass is 10.1. The lowest BCUT2D eigenvalue weighted by Crippen LogP contribution is -2.53. The van der Waals surface area contributed by atoms with Crippen molar-refractivity contribution >= 4 is 39.1 Å².